The Hall–Kier alpha value is -2.55. The maximum absolute atomic E-state index is 13.7. The van der Waals surface area contributed by atoms with Crippen LogP contribution in [0.3, 0.4) is 0 Å². The number of H-pyrrole nitrogens is 1. The van der Waals surface area contributed by atoms with Crippen LogP contribution >= 0.6 is 24.8 Å². The van der Waals surface area contributed by atoms with Crippen molar-refractivity contribution in [2.45, 2.75) is 30.9 Å². The highest BCUT2D eigenvalue weighted by Crippen LogP contribution is 2.37. The highest BCUT2D eigenvalue weighted by molar-refractivity contribution is 5.95. The van der Waals surface area contributed by atoms with E-state index in [0.29, 0.717) is 58.0 Å². The number of morpholine rings is 1. The zero-order chi connectivity index (χ0) is 30.8. The fraction of sp³-hybridized carbons (Fsp3) is 0.500. The molecule has 2 aliphatic rings. The van der Waals surface area contributed by atoms with Crippen molar-refractivity contribution in [3.05, 3.63) is 70.9 Å². The fourth-order valence-corrected chi connectivity index (χ4v) is 5.96. The number of para-hydroxylation sites is 1. The summed E-state index contributed by atoms with van der Waals surface area (Å²) in [7, 11) is 1.64. The Morgan fingerprint density at radius 1 is 0.956 bits per heavy atom. The summed E-state index contributed by atoms with van der Waals surface area (Å²) >= 11 is 0. The molecule has 2 aliphatic heterocycles. The number of carbonyl (C=O) groups is 1. The van der Waals surface area contributed by atoms with Crippen LogP contribution in [0, 0.1) is 0 Å². The average Bonchev–Trinajstić information content (AvgIpc) is 3.38. The normalized spacial score (nSPS) is 20.1. The summed E-state index contributed by atoms with van der Waals surface area (Å²) in [6, 6.07) is 8.32. The van der Waals surface area contributed by atoms with Crippen molar-refractivity contribution in [1.29, 1.82) is 0 Å². The molecule has 2 saturated heterocycles. The van der Waals surface area contributed by atoms with Crippen molar-refractivity contribution in [1.82, 2.24) is 19.7 Å². The van der Waals surface area contributed by atoms with E-state index in [4.69, 9.17) is 9.47 Å². The molecular formula is C30H36Cl2F6N4O3. The van der Waals surface area contributed by atoms with Gasteiger partial charge in [-0.05, 0) is 36.2 Å². The van der Waals surface area contributed by atoms with Crippen LogP contribution in [-0.2, 0) is 28.2 Å². The van der Waals surface area contributed by atoms with E-state index in [1.54, 1.807) is 7.11 Å². The molecule has 3 aromatic rings. The lowest BCUT2D eigenvalue weighted by Crippen LogP contribution is -2.58. The number of halogens is 8. The summed E-state index contributed by atoms with van der Waals surface area (Å²) in [5.74, 6) is -0.852. The highest BCUT2D eigenvalue weighted by atomic mass is 35.5. The molecule has 3 heterocycles. The largest absolute Gasteiger partial charge is 0.416 e. The van der Waals surface area contributed by atoms with Gasteiger partial charge in [0.1, 0.15) is 0 Å². The second-order valence-electron chi connectivity index (χ2n) is 11.0. The lowest BCUT2D eigenvalue weighted by molar-refractivity contribution is -0.143. The number of hydrogen-bond donors (Lipinski definition) is 1. The number of benzene rings is 2. The Morgan fingerprint density at radius 3 is 2.31 bits per heavy atom. The van der Waals surface area contributed by atoms with Crippen LogP contribution in [-0.4, -0.2) is 104 Å². The van der Waals surface area contributed by atoms with Gasteiger partial charge in [0.15, 0.2) is 0 Å². The first-order valence-corrected chi connectivity index (χ1v) is 14.1. The van der Waals surface area contributed by atoms with Crippen LogP contribution in [0.5, 0.6) is 0 Å². The fourth-order valence-electron chi connectivity index (χ4n) is 5.96. The van der Waals surface area contributed by atoms with Gasteiger partial charge in [0.2, 0.25) is 0 Å². The number of fused-ring (bicyclic) bond motifs is 1. The summed E-state index contributed by atoms with van der Waals surface area (Å²) in [4.78, 5) is 22.8. The molecule has 7 nitrogen and oxygen atoms in total. The van der Waals surface area contributed by atoms with Crippen LogP contribution in [0.15, 0.2) is 48.7 Å². The number of hydrogen-bond acceptors (Lipinski definition) is 5. The molecule has 2 aromatic carbocycles. The average molecular weight is 686 g/mol. The van der Waals surface area contributed by atoms with Gasteiger partial charge in [-0.3, -0.25) is 14.6 Å². The summed E-state index contributed by atoms with van der Waals surface area (Å²) in [5.41, 5.74) is -1.83. The van der Waals surface area contributed by atoms with E-state index >= 15 is 0 Å². The molecule has 0 saturated carbocycles. The smallest absolute Gasteiger partial charge is 0.383 e. The maximum atomic E-state index is 13.7. The van der Waals surface area contributed by atoms with Crippen LogP contribution in [0.4, 0.5) is 26.3 Å². The minimum atomic E-state index is -5.04. The Morgan fingerprint density at radius 2 is 1.64 bits per heavy atom. The lowest BCUT2D eigenvalue weighted by Gasteiger charge is -2.43. The molecule has 1 amide bonds. The summed E-state index contributed by atoms with van der Waals surface area (Å²) < 4.78 is 92.3. The second-order valence-corrected chi connectivity index (χ2v) is 11.0. The number of methoxy groups -OCH3 is 1. The second kappa shape index (κ2) is 15.4. The Balaban J connectivity index is 0.00000276. The Labute approximate surface area is 269 Å². The van der Waals surface area contributed by atoms with E-state index in [-0.39, 0.29) is 43.5 Å². The van der Waals surface area contributed by atoms with Gasteiger partial charge in [-0.1, -0.05) is 18.2 Å². The van der Waals surface area contributed by atoms with Gasteiger partial charge in [0.05, 0.1) is 37.0 Å². The van der Waals surface area contributed by atoms with Gasteiger partial charge in [-0.25, -0.2) is 0 Å². The summed E-state index contributed by atoms with van der Waals surface area (Å²) in [5, 5.41) is 0.946. The number of nitrogens with one attached hydrogen (secondary N) is 1. The molecule has 1 aromatic heterocycles. The molecule has 0 radical (unpaired) electrons. The standard InChI is InChI=1S/C30H34F6N4O3.2ClH/c1-42-18-25-19-43-11-10-39(25)8-6-38-7-9-40(24(17-38)14-21-16-37-27-5-3-2-4-26(21)27)28(41)20-12-22(29(31,32)33)15-23(13-20)30(34,35)36;;/h2-5,12-13,15-16,24-25,37H,6-11,14,17-19H2,1H3;2*1H/t24-,25+;;/m1../s1. The van der Waals surface area contributed by atoms with Gasteiger partial charge in [-0.15, -0.1) is 24.8 Å². The monoisotopic (exact) mass is 684 g/mol. The van der Waals surface area contributed by atoms with Crippen molar-refractivity contribution in [2.75, 3.05) is 66.2 Å². The maximum Gasteiger partial charge on any atom is 0.416 e. The number of ether oxygens (including phenoxy) is 2. The minimum Gasteiger partial charge on any atom is -0.383 e. The summed E-state index contributed by atoms with van der Waals surface area (Å²) in [6.07, 6.45) is -7.88. The number of alkyl halides is 6. The third-order valence-corrected chi connectivity index (χ3v) is 8.20. The first-order valence-electron chi connectivity index (χ1n) is 14.1. The molecule has 15 heteroatoms. The molecule has 5 rings (SSSR count). The summed E-state index contributed by atoms with van der Waals surface area (Å²) in [6.45, 7) is 4.87. The zero-order valence-electron chi connectivity index (χ0n) is 24.5. The molecular weight excluding hydrogens is 649 g/mol. The van der Waals surface area contributed by atoms with Crippen LogP contribution < -0.4 is 0 Å². The van der Waals surface area contributed by atoms with E-state index in [2.05, 4.69) is 14.8 Å². The van der Waals surface area contributed by atoms with Crippen molar-refractivity contribution >= 4 is 41.6 Å². The quantitative estimate of drug-likeness (QED) is 0.306. The molecule has 0 bridgehead atoms. The predicted octanol–water partition coefficient (Wildman–Crippen LogP) is 5.77. The van der Waals surface area contributed by atoms with E-state index in [1.165, 1.54) is 4.90 Å². The van der Waals surface area contributed by atoms with Crippen molar-refractivity contribution in [2.24, 2.45) is 0 Å². The predicted molar refractivity (Wildman–Crippen MR) is 162 cm³/mol. The molecule has 250 valence electrons. The van der Waals surface area contributed by atoms with Gasteiger partial charge in [0.25, 0.3) is 5.91 Å². The molecule has 2 atom stereocenters. The SMILES string of the molecule is COC[C@H]1COCCN1CCN1CCN(C(=O)c2cc(C(F)(F)F)cc(C(F)(F)F)c2)[C@H](Cc2c[nH]c3ccccc23)C1.Cl.Cl. The van der Waals surface area contributed by atoms with Crippen molar-refractivity contribution < 1.29 is 40.6 Å². The Bertz CT molecular complexity index is 1390. The van der Waals surface area contributed by atoms with E-state index < -0.39 is 41.0 Å². The lowest BCUT2D eigenvalue weighted by atomic mass is 9.98. The van der Waals surface area contributed by atoms with Crippen molar-refractivity contribution in [3.63, 3.8) is 0 Å². The molecule has 0 unspecified atom stereocenters. The number of nitrogens with zero attached hydrogens (tertiary/aromatic N) is 3. The van der Waals surface area contributed by atoms with Crippen molar-refractivity contribution in [3.8, 4) is 0 Å². The minimum absolute atomic E-state index is 0. The number of aromatic nitrogens is 1. The molecule has 1 N–H and O–H groups in total. The van der Waals surface area contributed by atoms with E-state index in [9.17, 15) is 31.1 Å². The van der Waals surface area contributed by atoms with E-state index in [1.807, 2.05) is 30.5 Å². The number of carbonyl (C=O) groups excluding carboxylic acids is 1. The zero-order valence-corrected chi connectivity index (χ0v) is 26.1. The first-order chi connectivity index (χ1) is 20.4. The topological polar surface area (TPSA) is 61.0 Å². The molecule has 0 aliphatic carbocycles. The van der Waals surface area contributed by atoms with Gasteiger partial charge in [0, 0.05) is 75.1 Å². The number of rotatable bonds is 8. The van der Waals surface area contributed by atoms with Crippen LogP contribution in [0.1, 0.15) is 27.0 Å². The van der Waals surface area contributed by atoms with Gasteiger partial charge >= 0.3 is 12.4 Å². The van der Waals surface area contributed by atoms with Gasteiger partial charge in [-0.2, -0.15) is 26.3 Å². The molecule has 2 fully saturated rings. The number of aromatic amines is 1. The molecule has 45 heavy (non-hydrogen) atoms. The van der Waals surface area contributed by atoms with Crippen LogP contribution in [0.25, 0.3) is 10.9 Å². The third-order valence-electron chi connectivity index (χ3n) is 8.20. The first kappa shape index (κ1) is 36.9. The highest BCUT2D eigenvalue weighted by Gasteiger charge is 2.39. The van der Waals surface area contributed by atoms with Crippen LogP contribution in [0.2, 0.25) is 0 Å². The Kier molecular flexibility index (Phi) is 12.6. The molecule has 0 spiro atoms. The number of amides is 1. The van der Waals surface area contributed by atoms with Gasteiger partial charge < -0.3 is 19.4 Å². The third kappa shape index (κ3) is 8.83. The van der Waals surface area contributed by atoms with E-state index in [0.717, 1.165) is 29.6 Å². The number of piperazine rings is 1.